The Hall–Kier alpha value is -1.72. The molecule has 6 heteroatoms. The van der Waals surface area contributed by atoms with E-state index in [1.807, 2.05) is 0 Å². The van der Waals surface area contributed by atoms with Crippen LogP contribution in [-0.4, -0.2) is 24.7 Å². The molecule has 1 rings (SSSR count). The molecule has 1 aromatic rings. The molecule has 0 atom stereocenters. The first kappa shape index (κ1) is 13.3. The molecular weight excluding hydrogens is 235 g/mol. The van der Waals surface area contributed by atoms with Gasteiger partial charge >= 0.3 is 12.1 Å². The number of halogens is 3. The number of nitrogens with zero attached hydrogens (tertiary/aromatic N) is 1. The maximum atomic E-state index is 12.4. The Kier molecular flexibility index (Phi) is 3.65. The number of aromatic carboxylic acids is 1. The second-order valence-corrected chi connectivity index (χ2v) is 3.55. The van der Waals surface area contributed by atoms with Gasteiger partial charge in [0.15, 0.2) is 0 Å². The first-order chi connectivity index (χ1) is 7.77. The summed E-state index contributed by atoms with van der Waals surface area (Å²) >= 11 is 0. The highest BCUT2D eigenvalue weighted by molar-refractivity contribution is 5.94. The smallest absolute Gasteiger partial charge is 0.416 e. The van der Waals surface area contributed by atoms with Gasteiger partial charge in [-0.25, -0.2) is 4.79 Å². The van der Waals surface area contributed by atoms with E-state index in [-0.39, 0.29) is 11.3 Å². The van der Waals surface area contributed by atoms with Gasteiger partial charge in [0.1, 0.15) is 0 Å². The molecule has 3 nitrogen and oxygen atoms in total. The molecule has 0 bridgehead atoms. The number of anilines is 1. The number of alkyl halides is 3. The number of carboxylic acids is 1. The molecule has 0 heterocycles. The van der Waals surface area contributed by atoms with E-state index < -0.39 is 17.7 Å². The highest BCUT2D eigenvalue weighted by Gasteiger charge is 2.32. The molecule has 0 aliphatic carbocycles. The van der Waals surface area contributed by atoms with Crippen molar-refractivity contribution in [1.82, 2.24) is 0 Å². The summed E-state index contributed by atoms with van der Waals surface area (Å²) in [4.78, 5) is 12.5. The fraction of sp³-hybridized carbons (Fsp3) is 0.364. The van der Waals surface area contributed by atoms with Crippen molar-refractivity contribution < 1.29 is 23.1 Å². The van der Waals surface area contributed by atoms with Crippen LogP contribution in [-0.2, 0) is 6.18 Å². The zero-order chi connectivity index (χ0) is 13.2. The molecule has 0 aromatic heterocycles. The molecule has 0 aliphatic heterocycles. The number of hydrogen-bond donors (Lipinski definition) is 1. The predicted octanol–water partition coefficient (Wildman–Crippen LogP) is 2.86. The van der Waals surface area contributed by atoms with Crippen molar-refractivity contribution in [2.45, 2.75) is 13.1 Å². The Morgan fingerprint density at radius 1 is 1.41 bits per heavy atom. The van der Waals surface area contributed by atoms with Gasteiger partial charge in [0, 0.05) is 13.6 Å². The standard InChI is InChI=1S/C11H12F3NO2/c1-3-15(2)9-5-4-7(11(12,13)14)6-8(9)10(16)17/h4-6H,3H2,1-2H3,(H,16,17). The minimum absolute atomic E-state index is 0.271. The third kappa shape index (κ3) is 2.89. The fourth-order valence-corrected chi connectivity index (χ4v) is 1.39. The van der Waals surface area contributed by atoms with Crippen molar-refractivity contribution in [3.8, 4) is 0 Å². The van der Waals surface area contributed by atoms with Crippen LogP contribution >= 0.6 is 0 Å². The molecule has 0 unspecified atom stereocenters. The summed E-state index contributed by atoms with van der Waals surface area (Å²) < 4.78 is 37.3. The van der Waals surface area contributed by atoms with Gasteiger partial charge in [0.25, 0.3) is 0 Å². The van der Waals surface area contributed by atoms with Gasteiger partial charge in [0.05, 0.1) is 16.8 Å². The first-order valence-electron chi connectivity index (χ1n) is 4.93. The van der Waals surface area contributed by atoms with E-state index in [0.717, 1.165) is 6.07 Å². The highest BCUT2D eigenvalue weighted by atomic mass is 19.4. The highest BCUT2D eigenvalue weighted by Crippen LogP contribution is 2.32. The van der Waals surface area contributed by atoms with Gasteiger partial charge in [-0.3, -0.25) is 0 Å². The molecule has 0 saturated heterocycles. The second kappa shape index (κ2) is 4.65. The van der Waals surface area contributed by atoms with Crippen LogP contribution in [0.5, 0.6) is 0 Å². The van der Waals surface area contributed by atoms with Gasteiger partial charge in [-0.2, -0.15) is 13.2 Å². The molecule has 17 heavy (non-hydrogen) atoms. The molecule has 0 spiro atoms. The van der Waals surface area contributed by atoms with Crippen LogP contribution in [0.15, 0.2) is 18.2 Å². The van der Waals surface area contributed by atoms with Crippen LogP contribution in [0.25, 0.3) is 0 Å². The van der Waals surface area contributed by atoms with Gasteiger partial charge in [-0.1, -0.05) is 0 Å². The Balaban J connectivity index is 3.32. The van der Waals surface area contributed by atoms with Crippen LogP contribution in [0.3, 0.4) is 0 Å². The fourth-order valence-electron chi connectivity index (χ4n) is 1.39. The van der Waals surface area contributed by atoms with Gasteiger partial charge < -0.3 is 10.0 Å². The van der Waals surface area contributed by atoms with Gasteiger partial charge in [-0.15, -0.1) is 0 Å². The molecule has 0 radical (unpaired) electrons. The summed E-state index contributed by atoms with van der Waals surface area (Å²) in [5, 5.41) is 8.91. The third-order valence-corrected chi connectivity index (χ3v) is 2.44. The summed E-state index contributed by atoms with van der Waals surface area (Å²) in [6, 6.07) is 2.72. The summed E-state index contributed by atoms with van der Waals surface area (Å²) in [5.41, 5.74) is -1.03. The van der Waals surface area contributed by atoms with Gasteiger partial charge in [0.2, 0.25) is 0 Å². The molecule has 0 amide bonds. The van der Waals surface area contributed by atoms with E-state index in [1.54, 1.807) is 18.9 Å². The van der Waals surface area contributed by atoms with Crippen LogP contribution in [0, 0.1) is 0 Å². The van der Waals surface area contributed by atoms with Crippen molar-refractivity contribution in [2.24, 2.45) is 0 Å². The predicted molar refractivity (Wildman–Crippen MR) is 57.3 cm³/mol. The van der Waals surface area contributed by atoms with Crippen molar-refractivity contribution in [3.05, 3.63) is 29.3 Å². The summed E-state index contributed by atoms with van der Waals surface area (Å²) in [7, 11) is 1.62. The molecule has 0 fully saturated rings. The second-order valence-electron chi connectivity index (χ2n) is 3.55. The van der Waals surface area contributed by atoms with Crippen molar-refractivity contribution in [1.29, 1.82) is 0 Å². The average molecular weight is 247 g/mol. The van der Waals surface area contributed by atoms with E-state index in [9.17, 15) is 18.0 Å². The summed E-state index contributed by atoms with van der Waals surface area (Å²) in [6.45, 7) is 2.29. The first-order valence-corrected chi connectivity index (χ1v) is 4.93. The van der Waals surface area contributed by atoms with E-state index >= 15 is 0 Å². The molecule has 1 aromatic carbocycles. The lowest BCUT2D eigenvalue weighted by Gasteiger charge is -2.20. The van der Waals surface area contributed by atoms with Crippen molar-refractivity contribution in [2.75, 3.05) is 18.5 Å². The number of hydrogen-bond acceptors (Lipinski definition) is 2. The summed E-state index contributed by atoms with van der Waals surface area (Å²) in [6.07, 6.45) is -4.53. The number of rotatable bonds is 3. The van der Waals surface area contributed by atoms with E-state index in [2.05, 4.69) is 0 Å². The summed E-state index contributed by atoms with van der Waals surface area (Å²) in [5.74, 6) is -1.37. The van der Waals surface area contributed by atoms with E-state index in [4.69, 9.17) is 5.11 Å². The third-order valence-electron chi connectivity index (χ3n) is 2.44. The number of carboxylic acid groups (broad SMARTS) is 1. The average Bonchev–Trinajstić information content (AvgIpc) is 2.25. The number of benzene rings is 1. The van der Waals surface area contributed by atoms with Crippen LogP contribution in [0.2, 0.25) is 0 Å². The zero-order valence-corrected chi connectivity index (χ0v) is 9.38. The maximum Gasteiger partial charge on any atom is 0.416 e. The SMILES string of the molecule is CCN(C)c1ccc(C(F)(F)F)cc1C(=O)O. The van der Waals surface area contributed by atoms with Crippen LogP contribution < -0.4 is 4.90 Å². The molecule has 1 N–H and O–H groups in total. The molecule has 94 valence electrons. The van der Waals surface area contributed by atoms with E-state index in [0.29, 0.717) is 12.6 Å². The Morgan fingerprint density at radius 2 is 2.00 bits per heavy atom. The number of carbonyl (C=O) groups is 1. The Bertz CT molecular complexity index is 429. The largest absolute Gasteiger partial charge is 0.478 e. The molecule has 0 aliphatic rings. The Morgan fingerprint density at radius 3 is 2.41 bits per heavy atom. The van der Waals surface area contributed by atoms with Gasteiger partial charge in [-0.05, 0) is 25.1 Å². The lowest BCUT2D eigenvalue weighted by molar-refractivity contribution is -0.137. The molecule has 0 saturated carbocycles. The zero-order valence-electron chi connectivity index (χ0n) is 9.38. The quantitative estimate of drug-likeness (QED) is 0.892. The van der Waals surface area contributed by atoms with E-state index in [1.165, 1.54) is 6.07 Å². The van der Waals surface area contributed by atoms with Crippen molar-refractivity contribution in [3.63, 3.8) is 0 Å². The van der Waals surface area contributed by atoms with Crippen LogP contribution in [0.1, 0.15) is 22.8 Å². The molecular formula is C11H12F3NO2. The normalized spacial score (nSPS) is 11.4. The lowest BCUT2D eigenvalue weighted by atomic mass is 10.1. The minimum atomic E-state index is -4.53. The van der Waals surface area contributed by atoms with Crippen LogP contribution in [0.4, 0.5) is 18.9 Å². The minimum Gasteiger partial charge on any atom is -0.478 e. The van der Waals surface area contributed by atoms with Crippen molar-refractivity contribution >= 4 is 11.7 Å². The Labute approximate surface area is 96.5 Å². The monoisotopic (exact) mass is 247 g/mol. The maximum absolute atomic E-state index is 12.4. The topological polar surface area (TPSA) is 40.5 Å². The lowest BCUT2D eigenvalue weighted by Crippen LogP contribution is -2.20.